The van der Waals surface area contributed by atoms with Gasteiger partial charge in [0.1, 0.15) is 0 Å². The van der Waals surface area contributed by atoms with Gasteiger partial charge < -0.3 is 10.4 Å². The Hall–Kier alpha value is -0.510. The van der Waals surface area contributed by atoms with Crippen LogP contribution in [-0.4, -0.2) is 29.5 Å². The van der Waals surface area contributed by atoms with E-state index in [1.807, 2.05) is 11.8 Å². The Bertz CT molecular complexity index is 381. The number of hydrogen-bond donors (Lipinski definition) is 2. The molecule has 0 aliphatic heterocycles. The molecule has 2 N–H and O–H groups in total. The molecule has 2 nitrogen and oxygen atoms in total. The molecule has 0 aliphatic carbocycles. The summed E-state index contributed by atoms with van der Waals surface area (Å²) in [5.74, 6) is 0.883. The Balaban J connectivity index is 2.64. The minimum absolute atomic E-state index is 0.171. The molecule has 18 heavy (non-hydrogen) atoms. The molecule has 0 saturated carbocycles. The van der Waals surface area contributed by atoms with Crippen LogP contribution in [0.3, 0.4) is 0 Å². The van der Waals surface area contributed by atoms with Crippen molar-refractivity contribution in [3.63, 3.8) is 0 Å². The third kappa shape index (κ3) is 4.63. The molecular weight excluding hydrogens is 242 g/mol. The molecular formula is C15H25NOS. The largest absolute Gasteiger partial charge is 0.394 e. The quantitative estimate of drug-likeness (QED) is 0.744. The molecule has 1 atom stereocenters. The molecule has 0 aliphatic rings. The van der Waals surface area contributed by atoms with Crippen LogP contribution in [0.2, 0.25) is 0 Å². The van der Waals surface area contributed by atoms with E-state index in [-0.39, 0.29) is 12.1 Å². The number of aryl methyl sites for hydroxylation is 2. The second kappa shape index (κ2) is 7.17. The van der Waals surface area contributed by atoms with Crippen LogP contribution in [-0.2, 0) is 0 Å². The van der Waals surface area contributed by atoms with Gasteiger partial charge in [-0.25, -0.2) is 0 Å². The summed E-state index contributed by atoms with van der Waals surface area (Å²) in [6, 6.07) is 6.52. The number of rotatable bonds is 7. The van der Waals surface area contributed by atoms with Crippen molar-refractivity contribution in [2.24, 2.45) is 0 Å². The van der Waals surface area contributed by atoms with Gasteiger partial charge in [-0.3, -0.25) is 0 Å². The molecule has 0 amide bonds. The summed E-state index contributed by atoms with van der Waals surface area (Å²) in [4.78, 5) is 1.31. The maximum absolute atomic E-state index is 9.54. The van der Waals surface area contributed by atoms with Gasteiger partial charge in [0.05, 0.1) is 6.61 Å². The second-order valence-electron chi connectivity index (χ2n) is 5.20. The molecule has 0 spiro atoms. The fourth-order valence-electron chi connectivity index (χ4n) is 1.68. The van der Waals surface area contributed by atoms with E-state index >= 15 is 0 Å². The molecule has 0 fully saturated rings. The molecule has 0 aromatic heterocycles. The highest BCUT2D eigenvalue weighted by Gasteiger charge is 2.22. The van der Waals surface area contributed by atoms with Gasteiger partial charge in [0, 0.05) is 16.2 Å². The molecule has 0 heterocycles. The van der Waals surface area contributed by atoms with Gasteiger partial charge in [0.2, 0.25) is 0 Å². The van der Waals surface area contributed by atoms with E-state index in [1.54, 1.807) is 0 Å². The summed E-state index contributed by atoms with van der Waals surface area (Å²) in [5, 5.41) is 13.0. The lowest BCUT2D eigenvalue weighted by Crippen LogP contribution is -2.48. The van der Waals surface area contributed by atoms with Crippen molar-refractivity contribution >= 4 is 11.8 Å². The third-order valence-electron chi connectivity index (χ3n) is 3.04. The summed E-state index contributed by atoms with van der Waals surface area (Å²) < 4.78 is 0. The van der Waals surface area contributed by atoms with Crippen molar-refractivity contribution in [3.05, 3.63) is 29.3 Å². The van der Waals surface area contributed by atoms with E-state index in [4.69, 9.17) is 0 Å². The zero-order valence-electron chi connectivity index (χ0n) is 11.9. The van der Waals surface area contributed by atoms with E-state index < -0.39 is 0 Å². The van der Waals surface area contributed by atoms with E-state index in [0.29, 0.717) is 0 Å². The normalized spacial score (nSPS) is 14.5. The monoisotopic (exact) mass is 267 g/mol. The first-order chi connectivity index (χ1) is 8.50. The third-order valence-corrected chi connectivity index (χ3v) is 4.57. The van der Waals surface area contributed by atoms with E-state index in [1.165, 1.54) is 16.0 Å². The first-order valence-electron chi connectivity index (χ1n) is 6.56. The first kappa shape index (κ1) is 15.5. The topological polar surface area (TPSA) is 32.3 Å². The Morgan fingerprint density at radius 3 is 2.67 bits per heavy atom. The predicted molar refractivity (Wildman–Crippen MR) is 80.4 cm³/mol. The number of thioether (sulfide) groups is 1. The van der Waals surface area contributed by atoms with Crippen molar-refractivity contribution in [3.8, 4) is 0 Å². The van der Waals surface area contributed by atoms with Crippen molar-refractivity contribution in [2.75, 3.05) is 18.9 Å². The lowest BCUT2D eigenvalue weighted by Gasteiger charge is -2.28. The number of nitrogens with one attached hydrogen (secondary N) is 1. The summed E-state index contributed by atoms with van der Waals surface area (Å²) >= 11 is 1.82. The molecule has 1 rings (SSSR count). The average molecular weight is 267 g/mol. The van der Waals surface area contributed by atoms with Gasteiger partial charge in [0.15, 0.2) is 0 Å². The van der Waals surface area contributed by atoms with Crippen LogP contribution < -0.4 is 5.32 Å². The van der Waals surface area contributed by atoms with E-state index in [9.17, 15) is 5.11 Å². The summed E-state index contributed by atoms with van der Waals surface area (Å²) in [6.07, 6.45) is 1.09. The van der Waals surface area contributed by atoms with Gasteiger partial charge in [-0.1, -0.05) is 24.6 Å². The zero-order valence-corrected chi connectivity index (χ0v) is 12.7. The molecule has 102 valence electrons. The minimum atomic E-state index is -0.198. The van der Waals surface area contributed by atoms with Crippen molar-refractivity contribution in [2.45, 2.75) is 44.6 Å². The molecule has 0 radical (unpaired) electrons. The van der Waals surface area contributed by atoms with E-state index in [2.05, 4.69) is 51.2 Å². The predicted octanol–water partition coefficient (Wildman–Crippen LogP) is 3.15. The Morgan fingerprint density at radius 1 is 1.33 bits per heavy atom. The Morgan fingerprint density at radius 2 is 2.06 bits per heavy atom. The fraction of sp³-hybridized carbons (Fsp3) is 0.600. The van der Waals surface area contributed by atoms with Gasteiger partial charge >= 0.3 is 0 Å². The highest BCUT2D eigenvalue weighted by molar-refractivity contribution is 7.99. The van der Waals surface area contributed by atoms with Crippen molar-refractivity contribution < 1.29 is 5.11 Å². The standard InChI is InChI=1S/C15H25NOS/c1-5-8-16-15(4,10-17)11-18-14-9-12(2)6-7-13(14)3/h6-7,9,16-17H,5,8,10-11H2,1-4H3. The second-order valence-corrected chi connectivity index (χ2v) is 6.22. The molecule has 0 bridgehead atoms. The fourth-order valence-corrected chi connectivity index (χ4v) is 2.91. The highest BCUT2D eigenvalue weighted by Crippen LogP contribution is 2.26. The Kier molecular flexibility index (Phi) is 6.19. The average Bonchev–Trinajstić information content (AvgIpc) is 2.37. The van der Waals surface area contributed by atoms with Crippen LogP contribution in [0.25, 0.3) is 0 Å². The van der Waals surface area contributed by atoms with Crippen LogP contribution in [0.5, 0.6) is 0 Å². The minimum Gasteiger partial charge on any atom is -0.394 e. The zero-order chi connectivity index (χ0) is 13.6. The SMILES string of the molecule is CCCNC(C)(CO)CSc1cc(C)ccc1C. The summed E-state index contributed by atoms with van der Waals surface area (Å²) in [7, 11) is 0. The summed E-state index contributed by atoms with van der Waals surface area (Å²) in [6.45, 7) is 9.60. The van der Waals surface area contributed by atoms with Crippen LogP contribution in [0.1, 0.15) is 31.4 Å². The maximum Gasteiger partial charge on any atom is 0.0618 e. The highest BCUT2D eigenvalue weighted by atomic mass is 32.2. The van der Waals surface area contributed by atoms with Crippen LogP contribution >= 0.6 is 11.8 Å². The van der Waals surface area contributed by atoms with Gasteiger partial charge in [0.25, 0.3) is 0 Å². The maximum atomic E-state index is 9.54. The van der Waals surface area contributed by atoms with Crippen LogP contribution in [0, 0.1) is 13.8 Å². The van der Waals surface area contributed by atoms with Gasteiger partial charge in [-0.15, -0.1) is 11.8 Å². The molecule has 1 aromatic rings. The lowest BCUT2D eigenvalue weighted by molar-refractivity contribution is 0.192. The van der Waals surface area contributed by atoms with Crippen LogP contribution in [0.4, 0.5) is 0 Å². The lowest BCUT2D eigenvalue weighted by atomic mass is 10.1. The number of hydrogen-bond acceptors (Lipinski definition) is 3. The molecule has 1 unspecified atom stereocenters. The van der Waals surface area contributed by atoms with E-state index in [0.717, 1.165) is 18.7 Å². The number of aliphatic hydroxyl groups excluding tert-OH is 1. The number of benzene rings is 1. The molecule has 0 saturated heterocycles. The molecule has 1 aromatic carbocycles. The smallest absolute Gasteiger partial charge is 0.0618 e. The Labute approximate surface area is 115 Å². The first-order valence-corrected chi connectivity index (χ1v) is 7.55. The van der Waals surface area contributed by atoms with Gasteiger partial charge in [-0.05, 0) is 45.4 Å². The number of aliphatic hydroxyl groups is 1. The summed E-state index contributed by atoms with van der Waals surface area (Å²) in [5.41, 5.74) is 2.40. The van der Waals surface area contributed by atoms with Gasteiger partial charge in [-0.2, -0.15) is 0 Å². The van der Waals surface area contributed by atoms with Crippen molar-refractivity contribution in [1.29, 1.82) is 0 Å². The van der Waals surface area contributed by atoms with Crippen LogP contribution in [0.15, 0.2) is 23.1 Å². The molecule has 3 heteroatoms. The van der Waals surface area contributed by atoms with Crippen molar-refractivity contribution in [1.82, 2.24) is 5.32 Å².